The third-order valence-corrected chi connectivity index (χ3v) is 5.62. The van der Waals surface area contributed by atoms with E-state index in [2.05, 4.69) is 15.0 Å². The van der Waals surface area contributed by atoms with Crippen LogP contribution in [0.1, 0.15) is 28.8 Å². The summed E-state index contributed by atoms with van der Waals surface area (Å²) >= 11 is 1.70. The third kappa shape index (κ3) is 16.9. The molecule has 0 saturated carbocycles. The Morgan fingerprint density at radius 3 is 1.73 bits per heavy atom. The molecular weight excluding hydrogens is 484 g/mol. The van der Waals surface area contributed by atoms with Crippen LogP contribution in [0.15, 0.2) is 91.1 Å². The van der Waals surface area contributed by atoms with Gasteiger partial charge in [-0.2, -0.15) is 0 Å². The van der Waals surface area contributed by atoms with Gasteiger partial charge in [0.15, 0.2) is 0 Å². The van der Waals surface area contributed by atoms with Crippen molar-refractivity contribution in [1.29, 1.82) is 0 Å². The zero-order valence-corrected chi connectivity index (χ0v) is 22.0. The quantitative estimate of drug-likeness (QED) is 0.268. The van der Waals surface area contributed by atoms with Gasteiger partial charge in [0.1, 0.15) is 0 Å². The normalized spacial score (nSPS) is 13.2. The monoisotopic (exact) mass is 524 g/mol. The van der Waals surface area contributed by atoms with E-state index < -0.39 is 0 Å². The van der Waals surface area contributed by atoms with E-state index in [1.54, 1.807) is 60.7 Å². The number of nitrogens with two attached hydrogens (primary N) is 5. The van der Waals surface area contributed by atoms with Crippen molar-refractivity contribution in [2.75, 3.05) is 18.9 Å². The van der Waals surface area contributed by atoms with Crippen molar-refractivity contribution in [1.82, 2.24) is 15.0 Å². The fraction of sp³-hybridized carbons (Fsp3) is 0.296. The van der Waals surface area contributed by atoms with Crippen molar-refractivity contribution in [3.05, 3.63) is 107 Å². The van der Waals surface area contributed by atoms with Crippen LogP contribution in [0.2, 0.25) is 0 Å². The van der Waals surface area contributed by atoms with Crippen LogP contribution in [0.4, 0.5) is 5.69 Å². The van der Waals surface area contributed by atoms with Gasteiger partial charge in [0, 0.05) is 80.5 Å². The number of aromatic nitrogens is 3. The number of thiophene rings is 1. The second kappa shape index (κ2) is 22.0. The second-order valence-electron chi connectivity index (χ2n) is 7.56. The molecule has 4 aromatic rings. The van der Waals surface area contributed by atoms with Gasteiger partial charge in [-0.05, 0) is 65.7 Å². The molecule has 0 amide bonds. The highest BCUT2D eigenvalue weighted by Crippen LogP contribution is 2.09. The molecule has 0 radical (unpaired) electrons. The molecule has 5 heterocycles. The Labute approximate surface area is 224 Å². The lowest BCUT2D eigenvalue weighted by Crippen LogP contribution is -2.17. The van der Waals surface area contributed by atoms with Crippen LogP contribution >= 0.6 is 11.3 Å². The molecule has 9 nitrogen and oxygen atoms in total. The van der Waals surface area contributed by atoms with Crippen LogP contribution < -0.4 is 28.7 Å². The molecular formula is C27H40N8OS. The highest BCUT2D eigenvalue weighted by Gasteiger charge is 2.11. The van der Waals surface area contributed by atoms with Crippen molar-refractivity contribution in [3.63, 3.8) is 0 Å². The molecule has 5 rings (SSSR count). The zero-order chi connectivity index (χ0) is 27.0. The first-order valence-corrected chi connectivity index (χ1v) is 12.9. The van der Waals surface area contributed by atoms with Gasteiger partial charge in [-0.3, -0.25) is 15.0 Å². The Balaban J connectivity index is 0.000000232. The van der Waals surface area contributed by atoms with Crippen LogP contribution in [-0.4, -0.2) is 34.2 Å². The number of hydrogen-bond acceptors (Lipinski definition) is 10. The van der Waals surface area contributed by atoms with Gasteiger partial charge in [-0.25, -0.2) is 0 Å². The van der Waals surface area contributed by atoms with E-state index in [-0.39, 0.29) is 0 Å². The minimum absolute atomic E-state index is 0.375. The summed E-state index contributed by atoms with van der Waals surface area (Å²) in [5, 5.41) is 2.03. The number of nitrogen functional groups attached to an aromatic ring is 1. The summed E-state index contributed by atoms with van der Waals surface area (Å²) in [6, 6.07) is 15.2. The van der Waals surface area contributed by atoms with Gasteiger partial charge >= 0.3 is 0 Å². The van der Waals surface area contributed by atoms with Crippen LogP contribution in [0, 0.1) is 0 Å². The molecule has 1 aliphatic heterocycles. The van der Waals surface area contributed by atoms with Crippen LogP contribution in [0.25, 0.3) is 0 Å². The average molecular weight is 525 g/mol. The Morgan fingerprint density at radius 1 is 0.757 bits per heavy atom. The van der Waals surface area contributed by atoms with Gasteiger partial charge in [0.05, 0.1) is 6.10 Å². The summed E-state index contributed by atoms with van der Waals surface area (Å²) in [5.74, 6) is 0. The molecule has 0 bridgehead atoms. The highest BCUT2D eigenvalue weighted by molar-refractivity contribution is 7.09. The SMILES string of the molecule is NCC1CCCO1.NCc1cccnc1.NCc1cccs1.NCc1ccncc1.Nc1ccncc1. The fourth-order valence-corrected chi connectivity index (χ4v) is 3.25. The predicted octanol–water partition coefficient (Wildman–Crippen LogP) is 3.08. The number of nitrogens with zero attached hydrogens (tertiary/aromatic N) is 3. The van der Waals surface area contributed by atoms with Crippen molar-refractivity contribution in [3.8, 4) is 0 Å². The number of rotatable bonds is 4. The van der Waals surface area contributed by atoms with Gasteiger partial charge in [0.25, 0.3) is 0 Å². The lowest BCUT2D eigenvalue weighted by molar-refractivity contribution is 0.117. The second-order valence-corrected chi connectivity index (χ2v) is 8.59. The molecule has 1 saturated heterocycles. The molecule has 0 aliphatic carbocycles. The first-order chi connectivity index (χ1) is 18.1. The summed E-state index contributed by atoms with van der Waals surface area (Å²) in [7, 11) is 0. The van der Waals surface area contributed by atoms with E-state index >= 15 is 0 Å². The highest BCUT2D eigenvalue weighted by atomic mass is 32.1. The molecule has 1 unspecified atom stereocenters. The van der Waals surface area contributed by atoms with E-state index in [1.807, 2.05) is 41.8 Å². The van der Waals surface area contributed by atoms with E-state index in [9.17, 15) is 0 Å². The lowest BCUT2D eigenvalue weighted by Gasteiger charge is -2.01. The van der Waals surface area contributed by atoms with Crippen LogP contribution in [0.3, 0.4) is 0 Å². The van der Waals surface area contributed by atoms with Crippen molar-refractivity contribution < 1.29 is 4.74 Å². The molecule has 0 spiro atoms. The summed E-state index contributed by atoms with van der Waals surface area (Å²) in [4.78, 5) is 12.7. The molecule has 4 aromatic heterocycles. The van der Waals surface area contributed by atoms with E-state index in [4.69, 9.17) is 33.4 Å². The topological polar surface area (TPSA) is 178 Å². The summed E-state index contributed by atoms with van der Waals surface area (Å²) in [6.45, 7) is 3.47. The summed E-state index contributed by atoms with van der Waals surface area (Å²) in [6.07, 6.45) is 13.0. The number of pyridine rings is 3. The molecule has 200 valence electrons. The third-order valence-electron chi connectivity index (χ3n) is 4.72. The number of hydrogen-bond donors (Lipinski definition) is 5. The molecule has 37 heavy (non-hydrogen) atoms. The Hall–Kier alpha value is -3.25. The predicted molar refractivity (Wildman–Crippen MR) is 153 cm³/mol. The van der Waals surface area contributed by atoms with Crippen molar-refractivity contribution in [2.24, 2.45) is 22.9 Å². The molecule has 10 N–H and O–H groups in total. The standard InChI is InChI=1S/2C6H8N2.C5H6N2.C5H11NO.C5H7NS/c7-5-6-1-3-8-4-2-6;7-4-6-2-1-3-8-5-6;6-5-1-3-7-4-2-5;2*6-4-5-2-1-3-7-5/h1-4H,5,7H2;1-3,5H,4,7H2;1-4H,(H2,6,7);5H,1-4,6H2;1-3H,4,6H2. The molecule has 0 aromatic carbocycles. The van der Waals surface area contributed by atoms with E-state index in [0.717, 1.165) is 29.8 Å². The van der Waals surface area contributed by atoms with E-state index in [1.165, 1.54) is 11.3 Å². The average Bonchev–Trinajstić information content (AvgIpc) is 3.71. The molecule has 1 aliphatic rings. The molecule has 10 heteroatoms. The minimum Gasteiger partial charge on any atom is -0.399 e. The van der Waals surface area contributed by atoms with E-state index in [0.29, 0.717) is 32.3 Å². The maximum atomic E-state index is 5.32. The van der Waals surface area contributed by atoms with Crippen molar-refractivity contribution in [2.45, 2.75) is 38.6 Å². The van der Waals surface area contributed by atoms with Gasteiger partial charge in [-0.15, -0.1) is 11.3 Å². The van der Waals surface area contributed by atoms with Gasteiger partial charge in [0.2, 0.25) is 0 Å². The maximum Gasteiger partial charge on any atom is 0.0698 e. The molecule has 1 fully saturated rings. The first-order valence-electron chi connectivity index (χ1n) is 12.0. The Bertz CT molecular complexity index is 947. The summed E-state index contributed by atoms with van der Waals surface area (Å²) < 4.78 is 5.18. The van der Waals surface area contributed by atoms with Gasteiger partial charge in [-0.1, -0.05) is 12.1 Å². The lowest BCUT2D eigenvalue weighted by atomic mass is 10.2. The van der Waals surface area contributed by atoms with Gasteiger partial charge < -0.3 is 33.4 Å². The number of ether oxygens (including phenoxy) is 1. The smallest absolute Gasteiger partial charge is 0.0698 e. The fourth-order valence-electron chi connectivity index (χ4n) is 2.66. The molecule has 1 atom stereocenters. The van der Waals surface area contributed by atoms with Crippen LogP contribution in [-0.2, 0) is 24.4 Å². The largest absolute Gasteiger partial charge is 0.399 e. The first kappa shape index (κ1) is 31.8. The number of anilines is 1. The van der Waals surface area contributed by atoms with Crippen LogP contribution in [0.5, 0.6) is 0 Å². The zero-order valence-electron chi connectivity index (χ0n) is 21.2. The Kier molecular flexibility index (Phi) is 18.9. The Morgan fingerprint density at radius 2 is 1.43 bits per heavy atom. The minimum atomic E-state index is 0.375. The maximum absolute atomic E-state index is 5.32. The summed E-state index contributed by atoms with van der Waals surface area (Å²) in [5.41, 5.74) is 29.5. The van der Waals surface area contributed by atoms with Crippen molar-refractivity contribution >= 4 is 17.0 Å².